The standard InChI is InChI=1S/C37H42FN3O5/c1-23(2)34-33(36(44)40-29-13-9-6-10-14-29)32(26-11-7-5-8-12-26)35(27-15-17-28(38)18-16-27)41(34)20-19-30(42)22-31(43)21-24(3)39-25(4)37(45)46/h5-18,23,25,30-31,39,42-43H,3,19-22H2,1-2,4H3,(H,40,44)(H,45,46)/t25-,30-,31+/m1/s1. The number of amides is 1. The lowest BCUT2D eigenvalue weighted by atomic mass is 9.94. The number of aromatic nitrogens is 1. The molecule has 0 bridgehead atoms. The lowest BCUT2D eigenvalue weighted by Gasteiger charge is -2.21. The molecule has 1 heterocycles. The molecule has 0 radical (unpaired) electrons. The summed E-state index contributed by atoms with van der Waals surface area (Å²) in [6.45, 7) is 9.60. The Morgan fingerprint density at radius 1 is 0.870 bits per heavy atom. The third kappa shape index (κ3) is 8.50. The van der Waals surface area contributed by atoms with Crippen LogP contribution < -0.4 is 10.6 Å². The summed E-state index contributed by atoms with van der Waals surface area (Å²) >= 11 is 0. The number of aliphatic hydroxyl groups is 2. The molecule has 5 N–H and O–H groups in total. The number of carbonyl (C=O) groups is 2. The first-order valence-electron chi connectivity index (χ1n) is 15.4. The Hall–Kier alpha value is -4.73. The number of nitrogens with one attached hydrogen (secondary N) is 2. The maximum atomic E-state index is 14.2. The number of carboxylic acid groups (broad SMARTS) is 1. The zero-order valence-electron chi connectivity index (χ0n) is 26.4. The number of aliphatic carboxylic acids is 1. The molecule has 0 aliphatic carbocycles. The van der Waals surface area contributed by atoms with Gasteiger partial charge in [-0.05, 0) is 73.2 Å². The second kappa shape index (κ2) is 15.5. The monoisotopic (exact) mass is 627 g/mol. The minimum Gasteiger partial charge on any atom is -0.480 e. The van der Waals surface area contributed by atoms with Crippen LogP contribution in [0.5, 0.6) is 0 Å². The lowest BCUT2D eigenvalue weighted by molar-refractivity contribution is -0.138. The molecule has 0 spiro atoms. The molecule has 0 saturated heterocycles. The summed E-state index contributed by atoms with van der Waals surface area (Å²) in [6, 6.07) is 24.1. The Labute approximate surface area is 269 Å². The number of carboxylic acids is 1. The fourth-order valence-electron chi connectivity index (χ4n) is 5.71. The fourth-order valence-corrected chi connectivity index (χ4v) is 5.71. The highest BCUT2D eigenvalue weighted by Gasteiger charge is 2.31. The van der Waals surface area contributed by atoms with Crippen LogP contribution in [0.25, 0.3) is 22.4 Å². The van der Waals surface area contributed by atoms with Gasteiger partial charge < -0.3 is 30.5 Å². The van der Waals surface area contributed by atoms with Gasteiger partial charge in [0.15, 0.2) is 0 Å². The first-order chi connectivity index (χ1) is 22.0. The highest BCUT2D eigenvalue weighted by atomic mass is 19.1. The molecule has 0 aliphatic rings. The van der Waals surface area contributed by atoms with E-state index in [9.17, 15) is 24.2 Å². The molecule has 1 amide bonds. The third-order valence-corrected chi connectivity index (χ3v) is 7.79. The summed E-state index contributed by atoms with van der Waals surface area (Å²) in [5, 5.41) is 36.6. The summed E-state index contributed by atoms with van der Waals surface area (Å²) in [7, 11) is 0. The first-order valence-corrected chi connectivity index (χ1v) is 15.4. The van der Waals surface area contributed by atoms with Gasteiger partial charge in [0, 0.05) is 35.6 Å². The summed E-state index contributed by atoms with van der Waals surface area (Å²) in [5.74, 6) is -1.81. The minimum atomic E-state index is -1.04. The van der Waals surface area contributed by atoms with Gasteiger partial charge in [-0.25, -0.2) is 4.39 Å². The van der Waals surface area contributed by atoms with Gasteiger partial charge in [0.05, 0.1) is 23.5 Å². The molecule has 9 heteroatoms. The number of rotatable bonds is 15. The second-order valence-electron chi connectivity index (χ2n) is 11.8. The first kappa shape index (κ1) is 34.1. The van der Waals surface area contributed by atoms with E-state index in [0.29, 0.717) is 34.6 Å². The van der Waals surface area contributed by atoms with E-state index < -0.39 is 24.2 Å². The molecular formula is C37H42FN3O5. The summed E-state index contributed by atoms with van der Waals surface area (Å²) in [4.78, 5) is 25.3. The fraction of sp³-hybridized carbons (Fsp3) is 0.297. The van der Waals surface area contributed by atoms with Crippen LogP contribution in [0.4, 0.5) is 10.1 Å². The summed E-state index contributed by atoms with van der Waals surface area (Å²) in [6.07, 6.45) is -1.49. The average Bonchev–Trinajstić information content (AvgIpc) is 3.36. The molecule has 0 aliphatic heterocycles. The second-order valence-corrected chi connectivity index (χ2v) is 11.8. The minimum absolute atomic E-state index is 0.0409. The van der Waals surface area contributed by atoms with Crippen molar-refractivity contribution in [2.45, 2.75) is 70.7 Å². The van der Waals surface area contributed by atoms with E-state index in [4.69, 9.17) is 5.11 Å². The van der Waals surface area contributed by atoms with Crippen LogP contribution in [-0.2, 0) is 11.3 Å². The van der Waals surface area contributed by atoms with E-state index >= 15 is 0 Å². The van der Waals surface area contributed by atoms with Crippen LogP contribution in [0, 0.1) is 5.82 Å². The van der Waals surface area contributed by atoms with E-state index in [-0.39, 0.29) is 36.9 Å². The van der Waals surface area contributed by atoms with Crippen molar-refractivity contribution in [1.82, 2.24) is 9.88 Å². The van der Waals surface area contributed by atoms with Crippen LogP contribution in [0.2, 0.25) is 0 Å². The quantitative estimate of drug-likeness (QED) is 0.0987. The number of hydrogen-bond donors (Lipinski definition) is 5. The van der Waals surface area contributed by atoms with Gasteiger partial charge in [-0.15, -0.1) is 0 Å². The third-order valence-electron chi connectivity index (χ3n) is 7.79. The number of para-hydroxylation sites is 1. The molecule has 8 nitrogen and oxygen atoms in total. The Balaban J connectivity index is 1.75. The van der Waals surface area contributed by atoms with Crippen molar-refractivity contribution < 1.29 is 29.3 Å². The average molecular weight is 628 g/mol. The van der Waals surface area contributed by atoms with Gasteiger partial charge in [-0.3, -0.25) is 9.59 Å². The van der Waals surface area contributed by atoms with Crippen LogP contribution in [-0.4, -0.2) is 50.0 Å². The molecule has 3 atom stereocenters. The number of anilines is 1. The molecule has 4 aromatic rings. The Bertz CT molecular complexity index is 1640. The number of carbonyl (C=O) groups excluding carboxylic acids is 1. The molecular weight excluding hydrogens is 585 g/mol. The molecule has 242 valence electrons. The molecule has 0 saturated carbocycles. The van der Waals surface area contributed by atoms with Crippen LogP contribution in [0.15, 0.2) is 97.2 Å². The number of aliphatic hydroxyl groups excluding tert-OH is 2. The van der Waals surface area contributed by atoms with Gasteiger partial charge in [0.25, 0.3) is 5.91 Å². The molecule has 3 aromatic carbocycles. The predicted molar refractivity (Wildman–Crippen MR) is 179 cm³/mol. The maximum Gasteiger partial charge on any atom is 0.325 e. The van der Waals surface area contributed by atoms with Crippen molar-refractivity contribution in [3.05, 3.63) is 114 Å². The van der Waals surface area contributed by atoms with Crippen molar-refractivity contribution in [3.8, 4) is 22.4 Å². The SMILES string of the molecule is C=C(C[C@H](O)C[C@H](O)CCn1c(-c2ccc(F)cc2)c(-c2ccccc2)c(C(=O)Nc2ccccc2)c1C(C)C)N[C@H](C)C(=O)O. The Kier molecular flexibility index (Phi) is 11.5. The van der Waals surface area contributed by atoms with Crippen molar-refractivity contribution >= 4 is 17.6 Å². The van der Waals surface area contributed by atoms with E-state index in [2.05, 4.69) is 17.2 Å². The van der Waals surface area contributed by atoms with E-state index in [1.165, 1.54) is 19.1 Å². The number of benzene rings is 3. The normalized spacial score (nSPS) is 13.2. The largest absolute Gasteiger partial charge is 0.480 e. The molecule has 0 unspecified atom stereocenters. The summed E-state index contributed by atoms with van der Waals surface area (Å²) in [5.41, 5.74) is 5.23. The maximum absolute atomic E-state index is 14.2. The van der Waals surface area contributed by atoms with Crippen molar-refractivity contribution in [3.63, 3.8) is 0 Å². The Morgan fingerprint density at radius 2 is 1.48 bits per heavy atom. The smallest absolute Gasteiger partial charge is 0.325 e. The van der Waals surface area contributed by atoms with E-state index in [0.717, 1.165) is 17.0 Å². The van der Waals surface area contributed by atoms with Crippen LogP contribution in [0.1, 0.15) is 62.0 Å². The van der Waals surface area contributed by atoms with Crippen molar-refractivity contribution in [2.24, 2.45) is 0 Å². The van der Waals surface area contributed by atoms with Gasteiger partial charge in [0.2, 0.25) is 0 Å². The lowest BCUT2D eigenvalue weighted by Crippen LogP contribution is -2.34. The number of hydrogen-bond acceptors (Lipinski definition) is 5. The van der Waals surface area contributed by atoms with Gasteiger partial charge in [0.1, 0.15) is 11.9 Å². The molecule has 1 aromatic heterocycles. The topological polar surface area (TPSA) is 124 Å². The Morgan fingerprint density at radius 3 is 2.07 bits per heavy atom. The number of nitrogens with zero attached hydrogens (tertiary/aromatic N) is 1. The molecule has 4 rings (SSSR count). The van der Waals surface area contributed by atoms with Crippen molar-refractivity contribution in [1.29, 1.82) is 0 Å². The van der Waals surface area contributed by atoms with Crippen LogP contribution in [0.3, 0.4) is 0 Å². The van der Waals surface area contributed by atoms with Crippen molar-refractivity contribution in [2.75, 3.05) is 5.32 Å². The van der Waals surface area contributed by atoms with E-state index in [1.54, 1.807) is 12.1 Å². The van der Waals surface area contributed by atoms with Crippen LogP contribution >= 0.6 is 0 Å². The highest BCUT2D eigenvalue weighted by Crippen LogP contribution is 2.42. The molecule has 46 heavy (non-hydrogen) atoms. The van der Waals surface area contributed by atoms with E-state index in [1.807, 2.05) is 79.1 Å². The zero-order valence-corrected chi connectivity index (χ0v) is 26.4. The number of halogens is 1. The van der Waals surface area contributed by atoms with Gasteiger partial charge in [-0.2, -0.15) is 0 Å². The summed E-state index contributed by atoms with van der Waals surface area (Å²) < 4.78 is 16.1. The van der Waals surface area contributed by atoms with Gasteiger partial charge >= 0.3 is 5.97 Å². The molecule has 0 fully saturated rings. The highest BCUT2D eigenvalue weighted by molar-refractivity contribution is 6.12. The van der Waals surface area contributed by atoms with Gasteiger partial charge in [-0.1, -0.05) is 69.0 Å². The predicted octanol–water partition coefficient (Wildman–Crippen LogP) is 6.81. The zero-order chi connectivity index (χ0) is 33.4.